The number of nitrogens with zero attached hydrogens (tertiary/aromatic N) is 1. The first-order valence-corrected chi connectivity index (χ1v) is 6.95. The predicted octanol–water partition coefficient (Wildman–Crippen LogP) is 1.59. The minimum Gasteiger partial charge on any atom is -0.444 e. The molecule has 1 aromatic rings. The Bertz CT molecular complexity index is 489. The van der Waals surface area contributed by atoms with E-state index < -0.39 is 0 Å². The lowest BCUT2D eigenvalue weighted by Gasteiger charge is -2.07. The van der Waals surface area contributed by atoms with Gasteiger partial charge in [0.1, 0.15) is 5.76 Å². The number of hydrogen-bond acceptors (Lipinski definition) is 4. The van der Waals surface area contributed by atoms with Crippen LogP contribution < -0.4 is 5.32 Å². The average molecular weight is 264 g/mol. The van der Waals surface area contributed by atoms with Gasteiger partial charge in [0.2, 0.25) is 5.91 Å². The SMILES string of the molecule is CCc1nc(C)c(CNC(=O)C2CC23CCOC3)o1. The van der Waals surface area contributed by atoms with Gasteiger partial charge in [-0.2, -0.15) is 0 Å². The van der Waals surface area contributed by atoms with Crippen LogP contribution in [-0.2, 0) is 22.5 Å². The lowest BCUT2D eigenvalue weighted by molar-refractivity contribution is -0.123. The summed E-state index contributed by atoms with van der Waals surface area (Å²) in [5.74, 6) is 1.75. The number of amides is 1. The van der Waals surface area contributed by atoms with Gasteiger partial charge in [-0.25, -0.2) is 4.98 Å². The first kappa shape index (κ1) is 12.7. The Hall–Kier alpha value is -1.36. The first-order valence-electron chi connectivity index (χ1n) is 6.95. The molecule has 5 nitrogen and oxygen atoms in total. The van der Waals surface area contributed by atoms with Crippen LogP contribution in [0.15, 0.2) is 4.42 Å². The van der Waals surface area contributed by atoms with Crippen LogP contribution in [0.1, 0.15) is 37.1 Å². The number of hydrogen-bond donors (Lipinski definition) is 1. The largest absolute Gasteiger partial charge is 0.444 e. The molecule has 1 spiro atoms. The van der Waals surface area contributed by atoms with E-state index >= 15 is 0 Å². The number of rotatable bonds is 4. The van der Waals surface area contributed by atoms with Crippen LogP contribution in [0.4, 0.5) is 0 Å². The minimum atomic E-state index is 0.124. The van der Waals surface area contributed by atoms with Gasteiger partial charge >= 0.3 is 0 Å². The predicted molar refractivity (Wildman–Crippen MR) is 68.4 cm³/mol. The molecule has 1 aliphatic heterocycles. The van der Waals surface area contributed by atoms with E-state index in [1.165, 1.54) is 0 Å². The van der Waals surface area contributed by atoms with Crippen molar-refractivity contribution >= 4 is 5.91 Å². The molecule has 1 saturated carbocycles. The Balaban J connectivity index is 1.55. The van der Waals surface area contributed by atoms with Crippen LogP contribution in [-0.4, -0.2) is 24.1 Å². The van der Waals surface area contributed by atoms with Crippen molar-refractivity contribution in [3.05, 3.63) is 17.3 Å². The van der Waals surface area contributed by atoms with Crippen LogP contribution in [0.2, 0.25) is 0 Å². The summed E-state index contributed by atoms with van der Waals surface area (Å²) in [6.07, 6.45) is 2.76. The standard InChI is InChI=1S/C14H20N2O3/c1-3-12-16-9(2)11(19-12)7-15-13(17)10-6-14(10)4-5-18-8-14/h10H,3-8H2,1-2H3,(H,15,17). The van der Waals surface area contributed by atoms with Crippen LogP contribution in [0.25, 0.3) is 0 Å². The molecule has 1 saturated heterocycles. The Morgan fingerprint density at radius 2 is 2.42 bits per heavy atom. The second-order valence-corrected chi connectivity index (χ2v) is 5.61. The van der Waals surface area contributed by atoms with Crippen molar-refractivity contribution in [2.45, 2.75) is 39.7 Å². The fourth-order valence-electron chi connectivity index (χ4n) is 2.87. The van der Waals surface area contributed by atoms with Gasteiger partial charge in [0.25, 0.3) is 0 Å². The van der Waals surface area contributed by atoms with Crippen molar-refractivity contribution in [1.29, 1.82) is 0 Å². The van der Waals surface area contributed by atoms with Crippen molar-refractivity contribution in [1.82, 2.24) is 10.3 Å². The Morgan fingerprint density at radius 1 is 1.58 bits per heavy atom. The molecule has 2 aliphatic rings. The van der Waals surface area contributed by atoms with E-state index in [0.29, 0.717) is 6.54 Å². The fraction of sp³-hybridized carbons (Fsp3) is 0.714. The summed E-state index contributed by atoms with van der Waals surface area (Å²) in [6.45, 7) is 5.89. The number of aromatic nitrogens is 1. The minimum absolute atomic E-state index is 0.124. The number of carbonyl (C=O) groups excluding carboxylic acids is 1. The monoisotopic (exact) mass is 264 g/mol. The zero-order chi connectivity index (χ0) is 13.5. The molecule has 2 heterocycles. The molecule has 0 radical (unpaired) electrons. The molecule has 1 aliphatic carbocycles. The molecular formula is C14H20N2O3. The normalized spacial score (nSPS) is 28.8. The van der Waals surface area contributed by atoms with Crippen LogP contribution in [0.3, 0.4) is 0 Å². The number of carbonyl (C=O) groups is 1. The van der Waals surface area contributed by atoms with Gasteiger partial charge < -0.3 is 14.5 Å². The maximum Gasteiger partial charge on any atom is 0.224 e. The highest BCUT2D eigenvalue weighted by molar-refractivity contribution is 5.82. The summed E-state index contributed by atoms with van der Waals surface area (Å²) < 4.78 is 11.0. The third-order valence-electron chi connectivity index (χ3n) is 4.30. The maximum atomic E-state index is 12.1. The Morgan fingerprint density at radius 3 is 3.05 bits per heavy atom. The van der Waals surface area contributed by atoms with Crippen molar-refractivity contribution in [3.8, 4) is 0 Å². The summed E-state index contributed by atoms with van der Waals surface area (Å²) in [6, 6.07) is 0. The van der Waals surface area contributed by atoms with E-state index in [0.717, 1.165) is 49.8 Å². The summed E-state index contributed by atoms with van der Waals surface area (Å²) in [4.78, 5) is 16.4. The molecular weight excluding hydrogens is 244 g/mol. The molecule has 3 rings (SSSR count). The van der Waals surface area contributed by atoms with Gasteiger partial charge in [-0.1, -0.05) is 6.92 Å². The van der Waals surface area contributed by atoms with Crippen molar-refractivity contribution in [2.75, 3.05) is 13.2 Å². The molecule has 0 bridgehead atoms. The van der Waals surface area contributed by atoms with Crippen molar-refractivity contribution in [3.63, 3.8) is 0 Å². The third-order valence-corrected chi connectivity index (χ3v) is 4.30. The van der Waals surface area contributed by atoms with Gasteiger partial charge in [0.05, 0.1) is 18.8 Å². The molecule has 5 heteroatoms. The molecule has 2 atom stereocenters. The molecule has 1 amide bonds. The summed E-state index contributed by atoms with van der Waals surface area (Å²) in [5.41, 5.74) is 1.02. The molecule has 104 valence electrons. The summed E-state index contributed by atoms with van der Waals surface area (Å²) in [7, 11) is 0. The Kier molecular flexibility index (Phi) is 3.09. The van der Waals surface area contributed by atoms with E-state index in [9.17, 15) is 4.79 Å². The zero-order valence-corrected chi connectivity index (χ0v) is 11.5. The second-order valence-electron chi connectivity index (χ2n) is 5.61. The van der Waals surface area contributed by atoms with Crippen LogP contribution in [0.5, 0.6) is 0 Å². The average Bonchev–Trinajstić information content (AvgIpc) is 2.72. The maximum absolute atomic E-state index is 12.1. The third kappa shape index (κ3) is 2.27. The number of aryl methyl sites for hydroxylation is 2. The van der Waals surface area contributed by atoms with Gasteiger partial charge in [-0.05, 0) is 19.8 Å². The molecule has 1 N–H and O–H groups in total. The molecule has 2 unspecified atom stereocenters. The smallest absolute Gasteiger partial charge is 0.224 e. The van der Waals surface area contributed by atoms with E-state index in [-0.39, 0.29) is 17.2 Å². The lowest BCUT2D eigenvalue weighted by Crippen LogP contribution is -2.27. The highest BCUT2D eigenvalue weighted by Crippen LogP contribution is 2.57. The summed E-state index contributed by atoms with van der Waals surface area (Å²) >= 11 is 0. The zero-order valence-electron chi connectivity index (χ0n) is 11.5. The van der Waals surface area contributed by atoms with Gasteiger partial charge in [-0.3, -0.25) is 4.79 Å². The quantitative estimate of drug-likeness (QED) is 0.897. The molecule has 2 fully saturated rings. The van der Waals surface area contributed by atoms with Crippen molar-refractivity contribution < 1.29 is 13.9 Å². The highest BCUT2D eigenvalue weighted by Gasteiger charge is 2.59. The first-order chi connectivity index (χ1) is 9.14. The summed E-state index contributed by atoms with van der Waals surface area (Å²) in [5, 5.41) is 2.96. The molecule has 19 heavy (non-hydrogen) atoms. The Labute approximate surface area is 112 Å². The lowest BCUT2D eigenvalue weighted by atomic mass is 10.0. The topological polar surface area (TPSA) is 64.4 Å². The van der Waals surface area contributed by atoms with Gasteiger partial charge in [-0.15, -0.1) is 0 Å². The molecule has 0 aromatic carbocycles. The van der Waals surface area contributed by atoms with Gasteiger partial charge in [0.15, 0.2) is 5.89 Å². The van der Waals surface area contributed by atoms with Crippen LogP contribution >= 0.6 is 0 Å². The molecule has 1 aromatic heterocycles. The number of nitrogens with one attached hydrogen (secondary N) is 1. The van der Waals surface area contributed by atoms with E-state index in [1.807, 2.05) is 13.8 Å². The van der Waals surface area contributed by atoms with E-state index in [4.69, 9.17) is 9.15 Å². The fourth-order valence-corrected chi connectivity index (χ4v) is 2.87. The van der Waals surface area contributed by atoms with Crippen LogP contribution in [0, 0.1) is 18.3 Å². The number of oxazole rings is 1. The van der Waals surface area contributed by atoms with Crippen molar-refractivity contribution in [2.24, 2.45) is 11.3 Å². The number of ether oxygens (including phenoxy) is 1. The second kappa shape index (κ2) is 4.63. The van der Waals surface area contributed by atoms with E-state index in [2.05, 4.69) is 10.3 Å². The highest BCUT2D eigenvalue weighted by atomic mass is 16.5. The van der Waals surface area contributed by atoms with Gasteiger partial charge in [0, 0.05) is 24.4 Å². The van der Waals surface area contributed by atoms with E-state index in [1.54, 1.807) is 0 Å².